The molecule has 1 aromatic heterocycles. The lowest BCUT2D eigenvalue weighted by molar-refractivity contribution is 0.190. The summed E-state index contributed by atoms with van der Waals surface area (Å²) >= 11 is 4.75. The Balaban J connectivity index is 2.41. The molecule has 6 heteroatoms. The fraction of sp³-hybridized carbons (Fsp3) is 0.200. The van der Waals surface area contributed by atoms with Crippen LogP contribution < -0.4 is 11.1 Å². The van der Waals surface area contributed by atoms with E-state index in [1.807, 2.05) is 18.2 Å². The number of fused-ring (bicyclic) bond motifs is 1. The Kier molecular flexibility index (Phi) is 2.76. The number of anilines is 1. The molecule has 0 aliphatic carbocycles. The van der Waals surface area contributed by atoms with Gasteiger partial charge in [-0.05, 0) is 37.3 Å². The van der Waals surface area contributed by atoms with Crippen molar-refractivity contribution in [2.24, 2.45) is 5.73 Å². The first kappa shape index (κ1) is 10.8. The van der Waals surface area contributed by atoms with E-state index in [1.54, 1.807) is 6.92 Å². The van der Waals surface area contributed by atoms with Crippen molar-refractivity contribution >= 4 is 34.1 Å². The molecule has 5 N–H and O–H groups in total. The summed E-state index contributed by atoms with van der Waals surface area (Å²) in [5.74, 6) is 0.544. The topological polar surface area (TPSA) is 87.0 Å². The number of hydrogen-bond donors (Lipinski definition) is 4. The van der Waals surface area contributed by atoms with Gasteiger partial charge in [-0.2, -0.15) is 0 Å². The number of H-pyrrole nitrogens is 1. The first-order valence-electron chi connectivity index (χ1n) is 4.80. The fourth-order valence-corrected chi connectivity index (χ4v) is 1.57. The van der Waals surface area contributed by atoms with Crippen LogP contribution in [0.15, 0.2) is 18.2 Å². The number of rotatable bonds is 2. The molecule has 2 rings (SSSR count). The molecule has 0 aliphatic heterocycles. The lowest BCUT2D eigenvalue weighted by atomic mass is 10.3. The van der Waals surface area contributed by atoms with Gasteiger partial charge >= 0.3 is 0 Å². The lowest BCUT2D eigenvalue weighted by Crippen LogP contribution is -2.18. The number of aromatic amines is 1. The quantitative estimate of drug-likeness (QED) is 0.590. The van der Waals surface area contributed by atoms with Gasteiger partial charge in [-0.15, -0.1) is 0 Å². The predicted octanol–water partition coefficient (Wildman–Crippen LogP) is 1.27. The molecule has 0 saturated heterocycles. The number of nitrogens with two attached hydrogens (primary N) is 1. The molecule has 1 atom stereocenters. The molecule has 0 saturated carbocycles. The highest BCUT2D eigenvalue weighted by molar-refractivity contribution is 7.80. The minimum absolute atomic E-state index is 0.217. The first-order chi connectivity index (χ1) is 7.56. The second-order valence-electron chi connectivity index (χ2n) is 3.52. The molecule has 1 aromatic carbocycles. The predicted molar refractivity (Wildman–Crippen MR) is 67.1 cm³/mol. The van der Waals surface area contributed by atoms with Gasteiger partial charge < -0.3 is 21.1 Å². The summed E-state index contributed by atoms with van der Waals surface area (Å²) in [4.78, 5) is 7.26. The van der Waals surface area contributed by atoms with Gasteiger partial charge in [0.15, 0.2) is 5.11 Å². The maximum absolute atomic E-state index is 9.39. The van der Waals surface area contributed by atoms with Crippen molar-refractivity contribution in [2.45, 2.75) is 13.0 Å². The largest absolute Gasteiger partial charge is 0.385 e. The van der Waals surface area contributed by atoms with E-state index < -0.39 is 6.10 Å². The summed E-state index contributed by atoms with van der Waals surface area (Å²) in [5, 5.41) is 12.4. The van der Waals surface area contributed by atoms with Gasteiger partial charge in [0, 0.05) is 5.69 Å². The van der Waals surface area contributed by atoms with Gasteiger partial charge in [0.2, 0.25) is 0 Å². The smallest absolute Gasteiger partial charge is 0.168 e. The summed E-state index contributed by atoms with van der Waals surface area (Å²) in [5.41, 5.74) is 7.80. The second kappa shape index (κ2) is 4.07. The molecule has 0 radical (unpaired) electrons. The number of hydrogen-bond acceptors (Lipinski definition) is 3. The minimum atomic E-state index is -0.612. The van der Waals surface area contributed by atoms with Crippen molar-refractivity contribution < 1.29 is 5.11 Å². The molecule has 16 heavy (non-hydrogen) atoms. The van der Waals surface area contributed by atoms with Crippen LogP contribution in [0.5, 0.6) is 0 Å². The van der Waals surface area contributed by atoms with Gasteiger partial charge in [-0.1, -0.05) is 0 Å². The molecule has 0 amide bonds. The zero-order chi connectivity index (χ0) is 11.7. The maximum atomic E-state index is 9.39. The number of aliphatic hydroxyl groups is 1. The van der Waals surface area contributed by atoms with Crippen molar-refractivity contribution in [2.75, 3.05) is 5.32 Å². The highest BCUT2D eigenvalue weighted by Crippen LogP contribution is 2.19. The molecule has 5 nitrogen and oxygen atoms in total. The Morgan fingerprint density at radius 1 is 1.62 bits per heavy atom. The van der Waals surface area contributed by atoms with E-state index in [1.165, 1.54) is 0 Å². The van der Waals surface area contributed by atoms with Crippen molar-refractivity contribution in [1.29, 1.82) is 0 Å². The molecular weight excluding hydrogens is 224 g/mol. The minimum Gasteiger partial charge on any atom is -0.385 e. The summed E-state index contributed by atoms with van der Waals surface area (Å²) in [6.45, 7) is 1.66. The SMILES string of the molecule is CC(O)c1nc2ccc(NC(N)=S)cc2[nH]1. The van der Waals surface area contributed by atoms with Crippen LogP contribution in [-0.4, -0.2) is 20.2 Å². The Hall–Kier alpha value is -1.66. The second-order valence-corrected chi connectivity index (χ2v) is 3.96. The number of nitrogens with one attached hydrogen (secondary N) is 2. The summed E-state index contributed by atoms with van der Waals surface area (Å²) in [6, 6.07) is 5.50. The van der Waals surface area contributed by atoms with Crippen LogP contribution in [0.1, 0.15) is 18.9 Å². The van der Waals surface area contributed by atoms with Crippen molar-refractivity contribution in [1.82, 2.24) is 9.97 Å². The third kappa shape index (κ3) is 2.12. The zero-order valence-electron chi connectivity index (χ0n) is 8.69. The Bertz CT molecular complexity index is 535. The Labute approximate surface area is 97.7 Å². The van der Waals surface area contributed by atoms with Crippen LogP contribution in [-0.2, 0) is 0 Å². The zero-order valence-corrected chi connectivity index (χ0v) is 9.51. The summed E-state index contributed by atoms with van der Waals surface area (Å²) < 4.78 is 0. The lowest BCUT2D eigenvalue weighted by Gasteiger charge is -2.02. The van der Waals surface area contributed by atoms with Crippen LogP contribution in [0.25, 0.3) is 11.0 Å². The molecule has 1 heterocycles. The molecule has 84 valence electrons. The standard InChI is InChI=1S/C10H12N4OS/c1-5(15)9-13-7-3-2-6(12-10(11)16)4-8(7)14-9/h2-5,15H,1H3,(H,13,14)(H3,11,12,16). The molecule has 1 unspecified atom stereocenters. The Morgan fingerprint density at radius 3 is 3.00 bits per heavy atom. The van der Waals surface area contributed by atoms with Crippen LogP contribution >= 0.6 is 12.2 Å². The summed E-state index contributed by atoms with van der Waals surface area (Å²) in [7, 11) is 0. The van der Waals surface area contributed by atoms with Gasteiger partial charge in [0.05, 0.1) is 11.0 Å². The molecule has 0 bridgehead atoms. The number of nitrogens with zero attached hydrogens (tertiary/aromatic N) is 1. The molecule has 0 spiro atoms. The summed E-state index contributed by atoms with van der Waals surface area (Å²) in [6.07, 6.45) is -0.612. The maximum Gasteiger partial charge on any atom is 0.168 e. The van der Waals surface area contributed by atoms with Crippen LogP contribution in [0.2, 0.25) is 0 Å². The number of thiocarbonyl (C=S) groups is 1. The average Bonchev–Trinajstić information content (AvgIpc) is 2.59. The van der Waals surface area contributed by atoms with E-state index in [0.29, 0.717) is 5.82 Å². The van der Waals surface area contributed by atoms with Crippen molar-refractivity contribution in [3.8, 4) is 0 Å². The van der Waals surface area contributed by atoms with Crippen LogP contribution in [0.4, 0.5) is 5.69 Å². The molecule has 0 aliphatic rings. The Morgan fingerprint density at radius 2 is 2.38 bits per heavy atom. The van der Waals surface area contributed by atoms with E-state index in [9.17, 15) is 5.11 Å². The van der Waals surface area contributed by atoms with Crippen molar-refractivity contribution in [3.63, 3.8) is 0 Å². The third-order valence-corrected chi connectivity index (χ3v) is 2.27. The van der Waals surface area contributed by atoms with E-state index in [4.69, 9.17) is 18.0 Å². The van der Waals surface area contributed by atoms with Gasteiger partial charge in [0.1, 0.15) is 11.9 Å². The number of imidazole rings is 1. The van der Waals surface area contributed by atoms with E-state index in [-0.39, 0.29) is 5.11 Å². The monoisotopic (exact) mass is 236 g/mol. The number of aliphatic hydroxyl groups excluding tert-OH is 1. The normalized spacial score (nSPS) is 12.6. The van der Waals surface area contributed by atoms with Gasteiger partial charge in [-0.25, -0.2) is 4.98 Å². The van der Waals surface area contributed by atoms with E-state index in [2.05, 4.69) is 15.3 Å². The van der Waals surface area contributed by atoms with E-state index >= 15 is 0 Å². The number of aromatic nitrogens is 2. The molecule has 2 aromatic rings. The highest BCUT2D eigenvalue weighted by Gasteiger charge is 2.07. The third-order valence-electron chi connectivity index (χ3n) is 2.16. The van der Waals surface area contributed by atoms with Crippen molar-refractivity contribution in [3.05, 3.63) is 24.0 Å². The average molecular weight is 236 g/mol. The molecule has 0 fully saturated rings. The van der Waals surface area contributed by atoms with Crippen LogP contribution in [0.3, 0.4) is 0 Å². The molecular formula is C10H12N4OS. The number of benzene rings is 1. The van der Waals surface area contributed by atoms with E-state index in [0.717, 1.165) is 16.7 Å². The highest BCUT2D eigenvalue weighted by atomic mass is 32.1. The van der Waals surface area contributed by atoms with Gasteiger partial charge in [0.25, 0.3) is 0 Å². The fourth-order valence-electron chi connectivity index (χ4n) is 1.45. The van der Waals surface area contributed by atoms with Gasteiger partial charge in [-0.3, -0.25) is 0 Å². The van der Waals surface area contributed by atoms with Crippen LogP contribution in [0, 0.1) is 0 Å². The first-order valence-corrected chi connectivity index (χ1v) is 5.21.